The number of aromatic nitrogens is 1. The minimum atomic E-state index is -0.422. The van der Waals surface area contributed by atoms with Crippen LogP contribution in [0.1, 0.15) is 27.2 Å². The Morgan fingerprint density at radius 3 is 2.93 bits per heavy atom. The normalized spacial score (nSPS) is 14.6. The number of esters is 1. The third kappa shape index (κ3) is 4.06. The van der Waals surface area contributed by atoms with Gasteiger partial charge in [-0.05, 0) is 24.3 Å². The summed E-state index contributed by atoms with van der Waals surface area (Å²) in [4.78, 5) is 28.2. The molecular formula is C21H12N2O4S2. The van der Waals surface area contributed by atoms with Crippen LogP contribution < -0.4 is 5.32 Å². The number of nitrogens with one attached hydrogen (secondary N) is 1. The van der Waals surface area contributed by atoms with E-state index in [0.29, 0.717) is 37.3 Å². The number of pyridine rings is 1. The molecule has 1 aromatic carbocycles. The molecule has 2 aromatic heterocycles. The van der Waals surface area contributed by atoms with Gasteiger partial charge in [-0.25, -0.2) is 4.79 Å². The van der Waals surface area contributed by atoms with Gasteiger partial charge in [-0.1, -0.05) is 41.9 Å². The highest BCUT2D eigenvalue weighted by Gasteiger charge is 2.22. The predicted molar refractivity (Wildman–Crippen MR) is 114 cm³/mol. The average molecular weight is 420 g/mol. The lowest BCUT2D eigenvalue weighted by atomic mass is 10.1. The number of rotatable bonds is 2. The van der Waals surface area contributed by atoms with Crippen molar-refractivity contribution in [3.63, 3.8) is 0 Å². The maximum atomic E-state index is 11.8. The Bertz CT molecular complexity index is 1260. The van der Waals surface area contributed by atoms with Crippen LogP contribution in [0, 0.1) is 11.8 Å². The van der Waals surface area contributed by atoms with Gasteiger partial charge in [0.15, 0.2) is 5.58 Å². The van der Waals surface area contributed by atoms with E-state index in [1.165, 1.54) is 18.9 Å². The SMILES string of the molecule is COC(=O)c1cccc(C#Cc2cncc3cc(/C=C4\SC(=S)NC4=O)oc23)c1. The summed E-state index contributed by atoms with van der Waals surface area (Å²) in [5.41, 5.74) is 2.24. The minimum absolute atomic E-state index is 0.246. The first kappa shape index (κ1) is 18.9. The van der Waals surface area contributed by atoms with Crippen molar-refractivity contribution in [1.82, 2.24) is 10.3 Å². The number of thiocarbonyl (C=S) groups is 1. The van der Waals surface area contributed by atoms with Gasteiger partial charge in [-0.3, -0.25) is 9.78 Å². The fourth-order valence-electron chi connectivity index (χ4n) is 2.67. The van der Waals surface area contributed by atoms with Crippen molar-refractivity contribution >= 4 is 57.2 Å². The number of furan rings is 1. The summed E-state index contributed by atoms with van der Waals surface area (Å²) in [5.74, 6) is 5.87. The van der Waals surface area contributed by atoms with Crippen LogP contribution in [-0.4, -0.2) is 28.3 Å². The summed E-state index contributed by atoms with van der Waals surface area (Å²) in [6.07, 6.45) is 4.90. The number of fused-ring (bicyclic) bond motifs is 1. The van der Waals surface area contributed by atoms with Crippen molar-refractivity contribution in [3.05, 3.63) is 70.1 Å². The zero-order valence-corrected chi connectivity index (χ0v) is 16.6. The van der Waals surface area contributed by atoms with Crippen molar-refractivity contribution < 1.29 is 18.7 Å². The van der Waals surface area contributed by atoms with E-state index in [9.17, 15) is 9.59 Å². The van der Waals surface area contributed by atoms with Crippen molar-refractivity contribution in [2.24, 2.45) is 0 Å². The number of methoxy groups -OCH3 is 1. The molecule has 0 unspecified atom stereocenters. The number of amides is 1. The van der Waals surface area contributed by atoms with Gasteiger partial charge in [0.05, 0.1) is 23.1 Å². The minimum Gasteiger partial charge on any atom is -0.465 e. The fourth-order valence-corrected chi connectivity index (χ4v) is 3.70. The van der Waals surface area contributed by atoms with Crippen molar-refractivity contribution in [1.29, 1.82) is 0 Å². The third-order valence-electron chi connectivity index (χ3n) is 3.98. The number of ether oxygens (including phenoxy) is 1. The molecule has 29 heavy (non-hydrogen) atoms. The fraction of sp³-hybridized carbons (Fsp3) is 0.0476. The first-order valence-electron chi connectivity index (χ1n) is 8.36. The van der Waals surface area contributed by atoms with E-state index in [2.05, 4.69) is 22.1 Å². The molecule has 6 nitrogen and oxygen atoms in total. The highest BCUT2D eigenvalue weighted by atomic mass is 32.2. The molecule has 0 aliphatic carbocycles. The van der Waals surface area contributed by atoms with Crippen LogP contribution in [-0.2, 0) is 9.53 Å². The van der Waals surface area contributed by atoms with Gasteiger partial charge in [0.1, 0.15) is 10.1 Å². The first-order valence-corrected chi connectivity index (χ1v) is 9.59. The first-order chi connectivity index (χ1) is 14.0. The maximum absolute atomic E-state index is 11.8. The molecule has 0 saturated carbocycles. The Morgan fingerprint density at radius 1 is 1.31 bits per heavy atom. The van der Waals surface area contributed by atoms with Crippen LogP contribution in [0.25, 0.3) is 17.0 Å². The van der Waals surface area contributed by atoms with E-state index < -0.39 is 5.97 Å². The monoisotopic (exact) mass is 420 g/mol. The summed E-state index contributed by atoms with van der Waals surface area (Å²) in [5, 5.41) is 3.33. The van der Waals surface area contributed by atoms with E-state index in [1.54, 1.807) is 48.8 Å². The Morgan fingerprint density at radius 2 is 2.17 bits per heavy atom. The van der Waals surface area contributed by atoms with Crippen molar-refractivity contribution in [2.45, 2.75) is 0 Å². The molecule has 1 fully saturated rings. The highest BCUT2D eigenvalue weighted by molar-refractivity contribution is 8.26. The molecule has 1 amide bonds. The van der Waals surface area contributed by atoms with Gasteiger partial charge in [-0.2, -0.15) is 0 Å². The molecule has 142 valence electrons. The molecule has 3 aromatic rings. The van der Waals surface area contributed by atoms with E-state index >= 15 is 0 Å². The zero-order valence-electron chi connectivity index (χ0n) is 15.0. The molecule has 0 radical (unpaired) electrons. The number of hydrogen-bond acceptors (Lipinski definition) is 7. The molecule has 0 spiro atoms. The molecule has 0 bridgehead atoms. The van der Waals surface area contributed by atoms with Crippen LogP contribution in [0.4, 0.5) is 0 Å². The number of benzene rings is 1. The molecule has 8 heteroatoms. The number of thioether (sulfide) groups is 1. The second kappa shape index (κ2) is 7.91. The van der Waals surface area contributed by atoms with Gasteiger partial charge in [-0.15, -0.1) is 0 Å². The predicted octanol–water partition coefficient (Wildman–Crippen LogP) is 3.50. The summed E-state index contributed by atoms with van der Waals surface area (Å²) >= 11 is 6.18. The standard InChI is InChI=1S/C21H12N2O4S2/c1-26-20(25)13-4-2-3-12(7-13)5-6-14-10-22-11-15-8-16(27-18(14)15)9-17-19(24)23-21(28)29-17/h2-4,7-11H,1H3,(H,23,24,28)/b17-9-. The smallest absolute Gasteiger partial charge is 0.337 e. The highest BCUT2D eigenvalue weighted by Crippen LogP contribution is 2.29. The number of carbonyl (C=O) groups excluding carboxylic acids is 2. The second-order valence-corrected chi connectivity index (χ2v) is 7.65. The van der Waals surface area contributed by atoms with Gasteiger partial charge < -0.3 is 14.5 Å². The molecular weight excluding hydrogens is 408 g/mol. The second-order valence-electron chi connectivity index (χ2n) is 5.93. The summed E-state index contributed by atoms with van der Waals surface area (Å²) in [7, 11) is 1.33. The van der Waals surface area contributed by atoms with Crippen LogP contribution >= 0.6 is 24.0 Å². The van der Waals surface area contributed by atoms with Crippen LogP contribution in [0.3, 0.4) is 0 Å². The van der Waals surface area contributed by atoms with Gasteiger partial charge in [0.2, 0.25) is 0 Å². The van der Waals surface area contributed by atoms with Crippen molar-refractivity contribution in [3.8, 4) is 11.8 Å². The maximum Gasteiger partial charge on any atom is 0.337 e. The van der Waals surface area contributed by atoms with Crippen LogP contribution in [0.2, 0.25) is 0 Å². The Labute approximate surface area is 175 Å². The van der Waals surface area contributed by atoms with Gasteiger partial charge in [0.25, 0.3) is 5.91 Å². The van der Waals surface area contributed by atoms with Crippen LogP contribution in [0.15, 0.2) is 52.0 Å². The van der Waals surface area contributed by atoms with Gasteiger partial charge in [0, 0.05) is 29.4 Å². The van der Waals surface area contributed by atoms with E-state index in [4.69, 9.17) is 21.4 Å². The number of nitrogens with zero attached hydrogens (tertiary/aromatic N) is 1. The van der Waals surface area contributed by atoms with E-state index in [1.807, 2.05) is 0 Å². The molecule has 0 atom stereocenters. The third-order valence-corrected chi connectivity index (χ3v) is 5.14. The molecule has 1 saturated heterocycles. The lowest BCUT2D eigenvalue weighted by Crippen LogP contribution is -2.17. The van der Waals surface area contributed by atoms with Gasteiger partial charge >= 0.3 is 5.97 Å². The molecule has 4 rings (SSSR count). The van der Waals surface area contributed by atoms with Crippen molar-refractivity contribution in [2.75, 3.05) is 7.11 Å². The summed E-state index contributed by atoms with van der Waals surface area (Å²) in [6, 6.07) is 8.64. The largest absolute Gasteiger partial charge is 0.465 e. The molecule has 1 aliphatic rings. The quantitative estimate of drug-likeness (QED) is 0.294. The average Bonchev–Trinajstić information content (AvgIpc) is 3.28. The number of hydrogen-bond donors (Lipinski definition) is 1. The molecule has 1 aliphatic heterocycles. The Balaban J connectivity index is 1.68. The Hall–Kier alpha value is -3.41. The lowest BCUT2D eigenvalue weighted by molar-refractivity contribution is -0.115. The molecule has 1 N–H and O–H groups in total. The Kier molecular flexibility index (Phi) is 5.16. The van der Waals surface area contributed by atoms with E-state index in [-0.39, 0.29) is 5.91 Å². The van der Waals surface area contributed by atoms with Crippen LogP contribution in [0.5, 0.6) is 0 Å². The summed E-state index contributed by atoms with van der Waals surface area (Å²) in [6.45, 7) is 0. The summed E-state index contributed by atoms with van der Waals surface area (Å²) < 4.78 is 11.0. The zero-order chi connectivity index (χ0) is 20.4. The lowest BCUT2D eigenvalue weighted by Gasteiger charge is -1.98. The van der Waals surface area contributed by atoms with E-state index in [0.717, 1.165) is 5.39 Å². The number of carbonyl (C=O) groups is 2. The topological polar surface area (TPSA) is 81.4 Å². The molecule has 3 heterocycles.